The summed E-state index contributed by atoms with van der Waals surface area (Å²) in [5, 5.41) is 18.6. The van der Waals surface area contributed by atoms with Crippen LogP contribution >= 0.6 is 0 Å². The molecule has 0 saturated heterocycles. The molecule has 1 rings (SSSR count). The van der Waals surface area contributed by atoms with Crippen molar-refractivity contribution in [2.75, 3.05) is 6.61 Å². The first-order valence-electron chi connectivity index (χ1n) is 4.50. The second kappa shape index (κ2) is 3.60. The maximum atomic E-state index is 11.3. The molecule has 0 heterocycles. The number of carbonyl (C=O) groups excluding carboxylic acids is 1. The fraction of sp³-hybridized carbons (Fsp3) is 0.700. The summed E-state index contributed by atoms with van der Waals surface area (Å²) < 4.78 is 0. The summed E-state index contributed by atoms with van der Waals surface area (Å²) in [5.41, 5.74) is -0.364. The Bertz CT molecular complexity index is 241. The van der Waals surface area contributed by atoms with Gasteiger partial charge in [-0.25, -0.2) is 0 Å². The van der Waals surface area contributed by atoms with Crippen molar-refractivity contribution in [2.24, 2.45) is 5.92 Å². The monoisotopic (exact) mass is 184 g/mol. The van der Waals surface area contributed by atoms with Gasteiger partial charge in [0.1, 0.15) is 0 Å². The van der Waals surface area contributed by atoms with Crippen molar-refractivity contribution in [3.63, 3.8) is 0 Å². The third kappa shape index (κ3) is 2.17. The predicted molar refractivity (Wildman–Crippen MR) is 49.2 cm³/mol. The molecule has 2 N–H and O–H groups in total. The van der Waals surface area contributed by atoms with Gasteiger partial charge in [-0.2, -0.15) is 0 Å². The van der Waals surface area contributed by atoms with Crippen LogP contribution < -0.4 is 0 Å². The fourth-order valence-electron chi connectivity index (χ4n) is 1.50. The van der Waals surface area contributed by atoms with Crippen LogP contribution in [0, 0.1) is 5.92 Å². The molecule has 1 aliphatic rings. The molecule has 0 aromatic heterocycles. The van der Waals surface area contributed by atoms with Gasteiger partial charge in [-0.05, 0) is 25.8 Å². The molecule has 0 aromatic rings. The van der Waals surface area contributed by atoms with Crippen LogP contribution in [0.15, 0.2) is 11.6 Å². The summed E-state index contributed by atoms with van der Waals surface area (Å²) >= 11 is 0. The van der Waals surface area contributed by atoms with E-state index in [9.17, 15) is 9.90 Å². The summed E-state index contributed by atoms with van der Waals surface area (Å²) in [5.74, 6) is -0.0707. The third-order valence-electron chi connectivity index (χ3n) is 2.78. The Hall–Kier alpha value is -0.670. The van der Waals surface area contributed by atoms with Crippen LogP contribution in [0.25, 0.3) is 0 Å². The van der Waals surface area contributed by atoms with Gasteiger partial charge < -0.3 is 10.2 Å². The van der Waals surface area contributed by atoms with E-state index in [0.29, 0.717) is 12.8 Å². The molecule has 0 radical (unpaired) electrons. The standard InChI is InChI=1S/C10H16O3/c1-7-3-4-8(5-9(7)12)10(2,13)6-11/h3,8,11,13H,4-6H2,1-2H3/t8-,10-/m0/s1. The average Bonchev–Trinajstić information content (AvgIpc) is 2.09. The van der Waals surface area contributed by atoms with Gasteiger partial charge in [-0.1, -0.05) is 6.08 Å². The van der Waals surface area contributed by atoms with Crippen molar-refractivity contribution >= 4 is 5.78 Å². The molecule has 0 bridgehead atoms. The molecule has 0 unspecified atom stereocenters. The molecular formula is C10H16O3. The molecule has 0 amide bonds. The van der Waals surface area contributed by atoms with E-state index in [1.807, 2.05) is 6.08 Å². The summed E-state index contributed by atoms with van der Waals surface area (Å²) in [4.78, 5) is 11.3. The summed E-state index contributed by atoms with van der Waals surface area (Å²) in [6.45, 7) is 3.06. The molecule has 13 heavy (non-hydrogen) atoms. The van der Waals surface area contributed by atoms with Crippen molar-refractivity contribution in [2.45, 2.75) is 32.3 Å². The Kier molecular flexibility index (Phi) is 2.88. The van der Waals surface area contributed by atoms with Gasteiger partial charge in [0, 0.05) is 12.3 Å². The minimum absolute atomic E-state index is 0.0741. The van der Waals surface area contributed by atoms with E-state index in [0.717, 1.165) is 5.57 Å². The largest absolute Gasteiger partial charge is 0.393 e. The Labute approximate surface area is 78.1 Å². The fourth-order valence-corrected chi connectivity index (χ4v) is 1.50. The lowest BCUT2D eigenvalue weighted by Gasteiger charge is -2.32. The number of aliphatic hydroxyl groups excluding tert-OH is 1. The van der Waals surface area contributed by atoms with E-state index >= 15 is 0 Å². The highest BCUT2D eigenvalue weighted by atomic mass is 16.3. The lowest BCUT2D eigenvalue weighted by molar-refractivity contribution is -0.121. The van der Waals surface area contributed by atoms with E-state index in [1.165, 1.54) is 0 Å². The van der Waals surface area contributed by atoms with E-state index in [4.69, 9.17) is 5.11 Å². The Morgan fingerprint density at radius 2 is 2.31 bits per heavy atom. The molecule has 1 aliphatic carbocycles. The van der Waals surface area contributed by atoms with Gasteiger partial charge in [-0.3, -0.25) is 4.79 Å². The van der Waals surface area contributed by atoms with Gasteiger partial charge in [-0.15, -0.1) is 0 Å². The van der Waals surface area contributed by atoms with Crippen molar-refractivity contribution in [1.82, 2.24) is 0 Å². The van der Waals surface area contributed by atoms with Crippen molar-refractivity contribution in [3.05, 3.63) is 11.6 Å². The normalized spacial score (nSPS) is 28.2. The number of hydrogen-bond donors (Lipinski definition) is 2. The van der Waals surface area contributed by atoms with Crippen LogP contribution in [-0.2, 0) is 4.79 Å². The summed E-state index contributed by atoms with van der Waals surface area (Å²) in [6.07, 6.45) is 2.85. The van der Waals surface area contributed by atoms with Crippen molar-refractivity contribution < 1.29 is 15.0 Å². The highest BCUT2D eigenvalue weighted by Crippen LogP contribution is 2.29. The van der Waals surface area contributed by atoms with Crippen LogP contribution in [0.4, 0.5) is 0 Å². The lowest BCUT2D eigenvalue weighted by atomic mass is 9.78. The minimum Gasteiger partial charge on any atom is -0.393 e. The van der Waals surface area contributed by atoms with Crippen LogP contribution in [-0.4, -0.2) is 28.2 Å². The molecule has 0 spiro atoms. The second-order valence-electron chi connectivity index (χ2n) is 3.96. The molecule has 0 aromatic carbocycles. The quantitative estimate of drug-likeness (QED) is 0.662. The number of carbonyl (C=O) groups is 1. The highest BCUT2D eigenvalue weighted by Gasteiger charge is 2.34. The van der Waals surface area contributed by atoms with Crippen LogP contribution in [0.5, 0.6) is 0 Å². The minimum atomic E-state index is -1.13. The molecule has 2 atom stereocenters. The molecule has 3 heteroatoms. The molecule has 0 fully saturated rings. The SMILES string of the molecule is CC1=CC[C@H]([C@@](C)(O)CO)CC1=O. The van der Waals surface area contributed by atoms with Crippen LogP contribution in [0.3, 0.4) is 0 Å². The van der Waals surface area contributed by atoms with E-state index in [2.05, 4.69) is 0 Å². The second-order valence-corrected chi connectivity index (χ2v) is 3.96. The lowest BCUT2D eigenvalue weighted by Crippen LogP contribution is -2.40. The number of Topliss-reactive ketones (excluding diaryl/α,β-unsaturated/α-hetero) is 1. The predicted octanol–water partition coefficient (Wildman–Crippen LogP) is 0.655. The summed E-state index contributed by atoms with van der Waals surface area (Å²) in [6, 6.07) is 0. The van der Waals surface area contributed by atoms with E-state index < -0.39 is 5.60 Å². The zero-order chi connectivity index (χ0) is 10.1. The van der Waals surface area contributed by atoms with Gasteiger partial charge in [0.15, 0.2) is 5.78 Å². The number of aliphatic hydroxyl groups is 2. The maximum Gasteiger partial charge on any atom is 0.158 e. The van der Waals surface area contributed by atoms with E-state index in [1.54, 1.807) is 13.8 Å². The molecule has 74 valence electrons. The zero-order valence-electron chi connectivity index (χ0n) is 8.08. The topological polar surface area (TPSA) is 57.5 Å². The Balaban J connectivity index is 2.73. The molecule has 0 saturated carbocycles. The van der Waals surface area contributed by atoms with Crippen LogP contribution in [0.1, 0.15) is 26.7 Å². The van der Waals surface area contributed by atoms with E-state index in [-0.39, 0.29) is 18.3 Å². The summed E-state index contributed by atoms with van der Waals surface area (Å²) in [7, 11) is 0. The van der Waals surface area contributed by atoms with Crippen LogP contribution in [0.2, 0.25) is 0 Å². The average molecular weight is 184 g/mol. The molecular weight excluding hydrogens is 168 g/mol. The Morgan fingerprint density at radius 3 is 2.77 bits per heavy atom. The van der Waals surface area contributed by atoms with Crippen molar-refractivity contribution in [3.8, 4) is 0 Å². The first-order valence-corrected chi connectivity index (χ1v) is 4.50. The third-order valence-corrected chi connectivity index (χ3v) is 2.78. The van der Waals surface area contributed by atoms with Gasteiger partial charge >= 0.3 is 0 Å². The Morgan fingerprint density at radius 1 is 1.69 bits per heavy atom. The molecule has 3 nitrogen and oxygen atoms in total. The number of allylic oxidation sites excluding steroid dienone is 2. The highest BCUT2D eigenvalue weighted by molar-refractivity contribution is 5.95. The number of hydrogen-bond acceptors (Lipinski definition) is 3. The molecule has 0 aliphatic heterocycles. The number of rotatable bonds is 2. The van der Waals surface area contributed by atoms with Crippen molar-refractivity contribution in [1.29, 1.82) is 0 Å². The van der Waals surface area contributed by atoms with Gasteiger partial charge in [0.05, 0.1) is 12.2 Å². The first-order chi connectivity index (χ1) is 5.97. The van der Waals surface area contributed by atoms with Gasteiger partial charge in [0.25, 0.3) is 0 Å². The maximum absolute atomic E-state index is 11.3. The smallest absolute Gasteiger partial charge is 0.158 e. The van der Waals surface area contributed by atoms with Gasteiger partial charge in [0.2, 0.25) is 0 Å². The zero-order valence-corrected chi connectivity index (χ0v) is 8.08. The number of ketones is 1. The first kappa shape index (κ1) is 10.4.